The van der Waals surface area contributed by atoms with Crippen LogP contribution >= 0.6 is 34.8 Å². The van der Waals surface area contributed by atoms with Gasteiger partial charge in [0.15, 0.2) is 0 Å². The van der Waals surface area contributed by atoms with E-state index in [1.165, 1.54) is 11.1 Å². The Morgan fingerprint density at radius 2 is 1.61 bits per heavy atom. The highest BCUT2D eigenvalue weighted by Gasteiger charge is 2.16. The van der Waals surface area contributed by atoms with Crippen molar-refractivity contribution in [2.45, 2.75) is 18.7 Å². The zero-order valence-electron chi connectivity index (χ0n) is 9.96. The minimum Gasteiger partial charge on any atom is -0.117 e. The summed E-state index contributed by atoms with van der Waals surface area (Å²) in [5.74, 6) is 0. The van der Waals surface area contributed by atoms with Crippen molar-refractivity contribution < 1.29 is 0 Å². The van der Waals surface area contributed by atoms with Crippen LogP contribution < -0.4 is 0 Å². The lowest BCUT2D eigenvalue weighted by Crippen LogP contribution is -1.98. The van der Waals surface area contributed by atoms with Crippen LogP contribution in [0.4, 0.5) is 0 Å². The molecule has 3 heteroatoms. The van der Waals surface area contributed by atoms with Gasteiger partial charge in [-0.1, -0.05) is 59.1 Å². The molecule has 1 unspecified atom stereocenters. The van der Waals surface area contributed by atoms with Crippen LogP contribution in [0.15, 0.2) is 42.5 Å². The molecule has 0 amide bonds. The third kappa shape index (κ3) is 3.20. The second-order valence-electron chi connectivity index (χ2n) is 4.30. The SMILES string of the molecule is Cc1cccc(CC(Cl)c2c(Cl)cccc2Cl)c1. The first-order valence-corrected chi connectivity index (χ1v) is 6.90. The summed E-state index contributed by atoms with van der Waals surface area (Å²) in [6.07, 6.45) is 0.715. The summed E-state index contributed by atoms with van der Waals surface area (Å²) in [5, 5.41) is 1.03. The summed E-state index contributed by atoms with van der Waals surface area (Å²) in [6.45, 7) is 2.06. The molecule has 0 heterocycles. The Hall–Kier alpha value is -0.690. The zero-order chi connectivity index (χ0) is 13.1. The van der Waals surface area contributed by atoms with E-state index in [1.807, 2.05) is 24.3 Å². The highest BCUT2D eigenvalue weighted by molar-refractivity contribution is 6.37. The number of benzene rings is 2. The Bertz CT molecular complexity index is 529. The molecule has 2 aromatic carbocycles. The van der Waals surface area contributed by atoms with Crippen molar-refractivity contribution in [2.75, 3.05) is 0 Å². The maximum absolute atomic E-state index is 6.43. The number of aryl methyl sites for hydroxylation is 1. The third-order valence-corrected chi connectivity index (χ3v) is 3.84. The van der Waals surface area contributed by atoms with Crippen LogP contribution in [0.3, 0.4) is 0 Å². The standard InChI is InChI=1S/C15H13Cl3/c1-10-4-2-5-11(8-10)9-14(18)15-12(16)6-3-7-13(15)17/h2-8,14H,9H2,1H3. The Morgan fingerprint density at radius 1 is 1.00 bits per heavy atom. The molecule has 1 atom stereocenters. The van der Waals surface area contributed by atoms with E-state index in [-0.39, 0.29) is 5.38 Å². The summed E-state index contributed by atoms with van der Waals surface area (Å²) in [6, 6.07) is 13.7. The summed E-state index contributed by atoms with van der Waals surface area (Å²) in [4.78, 5) is 0. The maximum atomic E-state index is 6.43. The zero-order valence-corrected chi connectivity index (χ0v) is 12.2. The molecule has 2 rings (SSSR count). The first-order valence-electron chi connectivity index (χ1n) is 5.71. The summed E-state index contributed by atoms with van der Waals surface area (Å²) in [7, 11) is 0. The lowest BCUT2D eigenvalue weighted by molar-refractivity contribution is 0.919. The van der Waals surface area contributed by atoms with Gasteiger partial charge in [0, 0.05) is 15.6 Å². The third-order valence-electron chi connectivity index (χ3n) is 2.81. The van der Waals surface area contributed by atoms with Gasteiger partial charge in [0.1, 0.15) is 0 Å². The molecule has 0 nitrogen and oxygen atoms in total. The maximum Gasteiger partial charge on any atom is 0.0654 e. The van der Waals surface area contributed by atoms with Gasteiger partial charge in [-0.3, -0.25) is 0 Å². The molecular weight excluding hydrogens is 287 g/mol. The highest BCUT2D eigenvalue weighted by atomic mass is 35.5. The normalized spacial score (nSPS) is 12.4. The summed E-state index contributed by atoms with van der Waals surface area (Å²) >= 11 is 18.7. The van der Waals surface area contributed by atoms with E-state index in [1.54, 1.807) is 0 Å². The quantitative estimate of drug-likeness (QED) is 0.626. The second-order valence-corrected chi connectivity index (χ2v) is 5.64. The number of hydrogen-bond acceptors (Lipinski definition) is 0. The summed E-state index contributed by atoms with van der Waals surface area (Å²) in [5.41, 5.74) is 3.22. The van der Waals surface area contributed by atoms with Gasteiger partial charge in [0.2, 0.25) is 0 Å². The van der Waals surface area contributed by atoms with Gasteiger partial charge in [-0.15, -0.1) is 11.6 Å². The van der Waals surface area contributed by atoms with Gasteiger partial charge >= 0.3 is 0 Å². The number of rotatable bonds is 3. The van der Waals surface area contributed by atoms with Crippen LogP contribution in [-0.2, 0) is 6.42 Å². The van der Waals surface area contributed by atoms with Gasteiger partial charge in [-0.2, -0.15) is 0 Å². The molecule has 0 bridgehead atoms. The van der Waals surface area contributed by atoms with Crippen LogP contribution in [0.2, 0.25) is 10.0 Å². The van der Waals surface area contributed by atoms with E-state index in [4.69, 9.17) is 34.8 Å². The van der Waals surface area contributed by atoms with Crippen molar-refractivity contribution in [1.82, 2.24) is 0 Å². The molecule has 18 heavy (non-hydrogen) atoms. The Kier molecular flexibility index (Phi) is 4.55. The Morgan fingerprint density at radius 3 is 2.22 bits per heavy atom. The number of hydrogen-bond donors (Lipinski definition) is 0. The summed E-state index contributed by atoms with van der Waals surface area (Å²) < 4.78 is 0. The largest absolute Gasteiger partial charge is 0.117 e. The minimum atomic E-state index is -0.215. The van der Waals surface area contributed by atoms with E-state index in [0.717, 1.165) is 5.56 Å². The van der Waals surface area contributed by atoms with E-state index in [9.17, 15) is 0 Å². The first kappa shape index (κ1) is 13.7. The smallest absolute Gasteiger partial charge is 0.0654 e. The molecule has 0 spiro atoms. The molecule has 2 aromatic rings. The molecule has 0 aliphatic heterocycles. The van der Waals surface area contributed by atoms with Gasteiger partial charge in [0.05, 0.1) is 5.38 Å². The fourth-order valence-corrected chi connectivity index (χ4v) is 3.14. The lowest BCUT2D eigenvalue weighted by atomic mass is 10.0. The average molecular weight is 300 g/mol. The minimum absolute atomic E-state index is 0.215. The van der Waals surface area contributed by atoms with E-state index >= 15 is 0 Å². The van der Waals surface area contributed by atoms with Crippen molar-refractivity contribution in [3.63, 3.8) is 0 Å². The molecular formula is C15H13Cl3. The molecule has 0 N–H and O–H groups in total. The molecule has 0 aliphatic carbocycles. The van der Waals surface area contributed by atoms with Crippen molar-refractivity contribution in [3.05, 3.63) is 69.2 Å². The molecule has 0 fully saturated rings. The molecule has 0 aromatic heterocycles. The van der Waals surface area contributed by atoms with Crippen molar-refractivity contribution in [2.24, 2.45) is 0 Å². The van der Waals surface area contributed by atoms with Gasteiger partial charge in [-0.25, -0.2) is 0 Å². The molecule has 0 saturated carbocycles. The Labute approximate surface area is 122 Å². The van der Waals surface area contributed by atoms with E-state index in [0.29, 0.717) is 16.5 Å². The highest BCUT2D eigenvalue weighted by Crippen LogP contribution is 2.36. The average Bonchev–Trinajstić information content (AvgIpc) is 2.28. The lowest BCUT2D eigenvalue weighted by Gasteiger charge is -2.14. The fourth-order valence-electron chi connectivity index (χ4n) is 1.96. The first-order chi connectivity index (χ1) is 8.58. The molecule has 0 radical (unpaired) electrons. The van der Waals surface area contributed by atoms with Crippen molar-refractivity contribution >= 4 is 34.8 Å². The van der Waals surface area contributed by atoms with Gasteiger partial charge in [0.25, 0.3) is 0 Å². The van der Waals surface area contributed by atoms with Gasteiger partial charge in [-0.05, 0) is 31.0 Å². The number of halogens is 3. The predicted octanol–water partition coefficient (Wildman–Crippen LogP) is 5.82. The molecule has 94 valence electrons. The predicted molar refractivity (Wildman–Crippen MR) is 79.9 cm³/mol. The van der Waals surface area contributed by atoms with Crippen molar-refractivity contribution in [1.29, 1.82) is 0 Å². The number of alkyl halides is 1. The Balaban J connectivity index is 2.25. The van der Waals surface area contributed by atoms with Crippen LogP contribution in [-0.4, -0.2) is 0 Å². The fraction of sp³-hybridized carbons (Fsp3) is 0.200. The van der Waals surface area contributed by atoms with Crippen LogP contribution in [0, 0.1) is 6.92 Å². The van der Waals surface area contributed by atoms with Crippen molar-refractivity contribution in [3.8, 4) is 0 Å². The molecule has 0 aliphatic rings. The van der Waals surface area contributed by atoms with Crippen LogP contribution in [0.1, 0.15) is 22.1 Å². The molecule has 0 saturated heterocycles. The van der Waals surface area contributed by atoms with E-state index < -0.39 is 0 Å². The monoisotopic (exact) mass is 298 g/mol. The van der Waals surface area contributed by atoms with E-state index in [2.05, 4.69) is 25.1 Å². The topological polar surface area (TPSA) is 0 Å². The second kappa shape index (κ2) is 5.97. The van der Waals surface area contributed by atoms with Crippen LogP contribution in [0.25, 0.3) is 0 Å². The van der Waals surface area contributed by atoms with Gasteiger partial charge < -0.3 is 0 Å². The van der Waals surface area contributed by atoms with Crippen LogP contribution in [0.5, 0.6) is 0 Å².